The van der Waals surface area contributed by atoms with E-state index in [4.69, 9.17) is 0 Å². The van der Waals surface area contributed by atoms with Crippen LogP contribution in [0.15, 0.2) is 18.5 Å². The predicted molar refractivity (Wildman–Crippen MR) is 50.8 cm³/mol. The smallest absolute Gasteiger partial charge is 0.289 e. The Morgan fingerprint density at radius 2 is 2.29 bits per heavy atom. The van der Waals surface area contributed by atoms with Crippen molar-refractivity contribution >= 4 is 5.91 Å². The number of nitrogens with one attached hydrogen (secondary N) is 2. The fourth-order valence-corrected chi connectivity index (χ4v) is 1.44. The molecule has 1 amide bonds. The van der Waals surface area contributed by atoms with Crippen molar-refractivity contribution in [3.8, 4) is 0 Å². The number of carbonyl (C=O) groups is 1. The summed E-state index contributed by atoms with van der Waals surface area (Å²) in [6, 6.07) is 1.90. The van der Waals surface area contributed by atoms with Crippen LogP contribution in [0.1, 0.15) is 17.0 Å². The van der Waals surface area contributed by atoms with Crippen LogP contribution in [0.5, 0.6) is 0 Å². The molecule has 5 nitrogen and oxygen atoms in total. The fraction of sp³-hybridized carbons (Fsp3) is 0.444. The Hall–Kier alpha value is -1.49. The summed E-state index contributed by atoms with van der Waals surface area (Å²) in [6.07, 6.45) is 4.10. The molecule has 2 N–H and O–H groups in total. The van der Waals surface area contributed by atoms with Gasteiger partial charge in [-0.25, -0.2) is 9.97 Å². The highest BCUT2D eigenvalue weighted by molar-refractivity contribution is 5.90. The zero-order valence-corrected chi connectivity index (χ0v) is 7.73. The van der Waals surface area contributed by atoms with Crippen molar-refractivity contribution in [1.29, 1.82) is 0 Å². The van der Waals surface area contributed by atoms with Crippen molar-refractivity contribution in [2.24, 2.45) is 0 Å². The summed E-state index contributed by atoms with van der Waals surface area (Å²) in [5, 5.41) is 6.04. The second-order valence-electron chi connectivity index (χ2n) is 3.24. The molecule has 74 valence electrons. The summed E-state index contributed by atoms with van der Waals surface area (Å²) >= 11 is 0. The maximum Gasteiger partial charge on any atom is 0.289 e. The molecule has 0 aromatic carbocycles. The standard InChI is InChI=1S/C9H12N4O/c14-9(8-11-3-1-4-12-8)13-7-2-5-10-6-7/h1,3-4,7,10H,2,5-6H2,(H,13,14)/t7-/m1/s1. The maximum absolute atomic E-state index is 11.5. The van der Waals surface area contributed by atoms with Crippen LogP contribution in [0.4, 0.5) is 0 Å². The minimum Gasteiger partial charge on any atom is -0.345 e. The Labute approximate surface area is 82.0 Å². The van der Waals surface area contributed by atoms with Gasteiger partial charge in [0.25, 0.3) is 5.91 Å². The van der Waals surface area contributed by atoms with E-state index >= 15 is 0 Å². The molecule has 0 bridgehead atoms. The highest BCUT2D eigenvalue weighted by atomic mass is 16.2. The molecule has 1 fully saturated rings. The van der Waals surface area contributed by atoms with E-state index in [1.54, 1.807) is 18.5 Å². The van der Waals surface area contributed by atoms with Gasteiger partial charge >= 0.3 is 0 Å². The van der Waals surface area contributed by atoms with E-state index in [9.17, 15) is 4.79 Å². The average Bonchev–Trinajstić information content (AvgIpc) is 2.72. The lowest BCUT2D eigenvalue weighted by atomic mass is 10.2. The zero-order valence-electron chi connectivity index (χ0n) is 7.73. The molecule has 1 atom stereocenters. The first-order valence-electron chi connectivity index (χ1n) is 4.65. The molecule has 1 aliphatic rings. The molecule has 0 saturated carbocycles. The number of rotatable bonds is 2. The van der Waals surface area contributed by atoms with Gasteiger partial charge in [-0.15, -0.1) is 0 Å². The predicted octanol–water partition coefficient (Wildman–Crippen LogP) is -0.432. The number of amides is 1. The Morgan fingerprint density at radius 1 is 1.50 bits per heavy atom. The number of hydrogen-bond acceptors (Lipinski definition) is 4. The van der Waals surface area contributed by atoms with Gasteiger partial charge in [0.1, 0.15) is 0 Å². The minimum atomic E-state index is -0.195. The van der Waals surface area contributed by atoms with Crippen LogP contribution >= 0.6 is 0 Å². The molecule has 2 rings (SSSR count). The molecule has 2 heterocycles. The molecule has 0 aliphatic carbocycles. The van der Waals surface area contributed by atoms with Gasteiger partial charge in [-0.05, 0) is 19.0 Å². The Bertz CT molecular complexity index is 308. The molecular weight excluding hydrogens is 180 g/mol. The molecule has 1 aliphatic heterocycles. The molecule has 0 radical (unpaired) electrons. The average molecular weight is 192 g/mol. The van der Waals surface area contributed by atoms with Gasteiger partial charge in [0.05, 0.1) is 0 Å². The topological polar surface area (TPSA) is 66.9 Å². The van der Waals surface area contributed by atoms with E-state index in [1.165, 1.54) is 0 Å². The van der Waals surface area contributed by atoms with Crippen LogP contribution in [-0.4, -0.2) is 35.0 Å². The molecule has 0 unspecified atom stereocenters. The van der Waals surface area contributed by atoms with Crippen molar-refractivity contribution in [2.45, 2.75) is 12.5 Å². The van der Waals surface area contributed by atoms with E-state index in [0.717, 1.165) is 19.5 Å². The molecule has 5 heteroatoms. The van der Waals surface area contributed by atoms with Crippen LogP contribution in [0, 0.1) is 0 Å². The van der Waals surface area contributed by atoms with Gasteiger partial charge in [0.15, 0.2) is 0 Å². The third-order valence-electron chi connectivity index (χ3n) is 2.16. The van der Waals surface area contributed by atoms with Gasteiger partial charge in [-0.3, -0.25) is 4.79 Å². The van der Waals surface area contributed by atoms with Crippen molar-refractivity contribution < 1.29 is 4.79 Å². The molecule has 1 saturated heterocycles. The second kappa shape index (κ2) is 4.15. The highest BCUT2D eigenvalue weighted by Gasteiger charge is 2.18. The monoisotopic (exact) mass is 192 g/mol. The Balaban J connectivity index is 1.95. The lowest BCUT2D eigenvalue weighted by Crippen LogP contribution is -2.37. The van der Waals surface area contributed by atoms with Crippen LogP contribution in [0.25, 0.3) is 0 Å². The first kappa shape index (κ1) is 9.08. The van der Waals surface area contributed by atoms with Crippen molar-refractivity contribution in [3.63, 3.8) is 0 Å². The number of nitrogens with zero attached hydrogens (tertiary/aromatic N) is 2. The van der Waals surface area contributed by atoms with E-state index in [1.807, 2.05) is 0 Å². The SMILES string of the molecule is O=C(N[C@@H]1CCNC1)c1ncccn1. The largest absolute Gasteiger partial charge is 0.345 e. The van der Waals surface area contributed by atoms with Crippen LogP contribution in [0.2, 0.25) is 0 Å². The summed E-state index contributed by atoms with van der Waals surface area (Å²) in [5.74, 6) is 0.0405. The van der Waals surface area contributed by atoms with Gasteiger partial charge in [-0.1, -0.05) is 0 Å². The molecule has 0 spiro atoms. The normalized spacial score (nSPS) is 20.7. The summed E-state index contributed by atoms with van der Waals surface area (Å²) in [7, 11) is 0. The van der Waals surface area contributed by atoms with Crippen molar-refractivity contribution in [1.82, 2.24) is 20.6 Å². The Morgan fingerprint density at radius 3 is 2.93 bits per heavy atom. The van der Waals surface area contributed by atoms with Gasteiger partial charge < -0.3 is 10.6 Å². The van der Waals surface area contributed by atoms with E-state index in [-0.39, 0.29) is 17.8 Å². The maximum atomic E-state index is 11.5. The minimum absolute atomic E-state index is 0.195. The molecule has 14 heavy (non-hydrogen) atoms. The Kier molecular flexibility index (Phi) is 2.69. The van der Waals surface area contributed by atoms with E-state index in [2.05, 4.69) is 20.6 Å². The van der Waals surface area contributed by atoms with Crippen LogP contribution in [-0.2, 0) is 0 Å². The van der Waals surface area contributed by atoms with Crippen molar-refractivity contribution in [3.05, 3.63) is 24.3 Å². The second-order valence-corrected chi connectivity index (χ2v) is 3.24. The number of aromatic nitrogens is 2. The van der Waals surface area contributed by atoms with Gasteiger partial charge in [0.2, 0.25) is 5.82 Å². The van der Waals surface area contributed by atoms with Crippen LogP contribution < -0.4 is 10.6 Å². The first-order chi connectivity index (χ1) is 6.86. The molecule has 1 aromatic rings. The van der Waals surface area contributed by atoms with E-state index < -0.39 is 0 Å². The number of hydrogen-bond donors (Lipinski definition) is 2. The lowest BCUT2D eigenvalue weighted by Gasteiger charge is -2.09. The van der Waals surface area contributed by atoms with E-state index in [0.29, 0.717) is 0 Å². The summed E-state index contributed by atoms with van der Waals surface area (Å²) < 4.78 is 0. The van der Waals surface area contributed by atoms with Gasteiger partial charge in [0, 0.05) is 25.0 Å². The van der Waals surface area contributed by atoms with Crippen molar-refractivity contribution in [2.75, 3.05) is 13.1 Å². The first-order valence-corrected chi connectivity index (χ1v) is 4.65. The quantitative estimate of drug-likeness (QED) is 0.667. The lowest BCUT2D eigenvalue weighted by molar-refractivity contribution is 0.0929. The third kappa shape index (κ3) is 2.05. The van der Waals surface area contributed by atoms with Gasteiger partial charge in [-0.2, -0.15) is 0 Å². The summed E-state index contributed by atoms with van der Waals surface area (Å²) in [6.45, 7) is 1.79. The third-order valence-corrected chi connectivity index (χ3v) is 2.16. The number of carbonyl (C=O) groups excluding carboxylic acids is 1. The van der Waals surface area contributed by atoms with Crippen LogP contribution in [0.3, 0.4) is 0 Å². The summed E-state index contributed by atoms with van der Waals surface area (Å²) in [4.78, 5) is 19.3. The molecular formula is C9H12N4O. The summed E-state index contributed by atoms with van der Waals surface area (Å²) in [5.41, 5.74) is 0. The zero-order chi connectivity index (χ0) is 9.80. The molecule has 1 aromatic heterocycles. The fourth-order valence-electron chi connectivity index (χ4n) is 1.44. The highest BCUT2D eigenvalue weighted by Crippen LogP contribution is 1.98.